The Morgan fingerprint density at radius 1 is 1.25 bits per heavy atom. The number of hydrogen-bond donors (Lipinski definition) is 1. The third kappa shape index (κ3) is 9.92. The number of ether oxygens (including phenoxy) is 1. The molecule has 0 radical (unpaired) electrons. The largest absolute Gasteiger partial charge is 0.377 e. The number of nitrogens with one attached hydrogen (secondary N) is 1. The quantitative estimate of drug-likeness (QED) is 0.693. The molecule has 12 heavy (non-hydrogen) atoms. The summed E-state index contributed by atoms with van der Waals surface area (Å²) in [5.41, 5.74) is 0. The van der Waals surface area contributed by atoms with Gasteiger partial charge in [0.25, 0.3) is 0 Å². The van der Waals surface area contributed by atoms with Gasteiger partial charge in [-0.25, -0.2) is 0 Å². The molecule has 0 fully saturated rings. The fraction of sp³-hybridized carbons (Fsp3) is 1.00. The van der Waals surface area contributed by atoms with E-state index in [0.717, 1.165) is 13.0 Å². The second-order valence-corrected chi connectivity index (χ2v) is 2.78. The Morgan fingerprint density at radius 2 is 1.75 bits per heavy atom. The zero-order valence-electron chi connectivity index (χ0n) is 9.48. The molecule has 0 aromatic rings. The standard InChI is InChI=1S/C8H19NO.C2H6/c1-5-8(9-4)6-10-7(2)3;1-2/h7-9H,5-6H2,1-4H3;1-2H3. The summed E-state index contributed by atoms with van der Waals surface area (Å²) in [5, 5.41) is 3.18. The van der Waals surface area contributed by atoms with Crippen molar-refractivity contribution < 1.29 is 4.74 Å². The highest BCUT2D eigenvalue weighted by atomic mass is 16.5. The van der Waals surface area contributed by atoms with Crippen molar-refractivity contribution >= 4 is 0 Å². The van der Waals surface area contributed by atoms with Gasteiger partial charge >= 0.3 is 0 Å². The maximum atomic E-state index is 5.42. The van der Waals surface area contributed by atoms with Crippen LogP contribution in [-0.4, -0.2) is 25.8 Å². The molecule has 0 spiro atoms. The van der Waals surface area contributed by atoms with Crippen LogP contribution in [0, 0.1) is 0 Å². The topological polar surface area (TPSA) is 21.3 Å². The first-order valence-corrected chi connectivity index (χ1v) is 4.99. The summed E-state index contributed by atoms with van der Waals surface area (Å²) in [6, 6.07) is 0.516. The normalized spacial score (nSPS) is 12.2. The summed E-state index contributed by atoms with van der Waals surface area (Å²) >= 11 is 0. The molecular weight excluding hydrogens is 150 g/mol. The molecule has 0 saturated heterocycles. The van der Waals surface area contributed by atoms with Crippen LogP contribution >= 0.6 is 0 Å². The number of rotatable bonds is 5. The van der Waals surface area contributed by atoms with E-state index in [-0.39, 0.29) is 0 Å². The first-order chi connectivity index (χ1) is 5.70. The minimum Gasteiger partial charge on any atom is -0.377 e. The third-order valence-corrected chi connectivity index (χ3v) is 1.53. The van der Waals surface area contributed by atoms with E-state index in [0.29, 0.717) is 12.1 Å². The van der Waals surface area contributed by atoms with Crippen molar-refractivity contribution in [2.24, 2.45) is 0 Å². The maximum Gasteiger partial charge on any atom is 0.0622 e. The average molecular weight is 175 g/mol. The second-order valence-electron chi connectivity index (χ2n) is 2.78. The highest BCUT2D eigenvalue weighted by Gasteiger charge is 2.02. The number of likely N-dealkylation sites (N-methyl/N-ethyl adjacent to an activating group) is 1. The van der Waals surface area contributed by atoms with Crippen LogP contribution in [0.25, 0.3) is 0 Å². The maximum absolute atomic E-state index is 5.42. The van der Waals surface area contributed by atoms with Crippen molar-refractivity contribution in [1.29, 1.82) is 0 Å². The molecule has 1 unspecified atom stereocenters. The van der Waals surface area contributed by atoms with Crippen LogP contribution < -0.4 is 5.32 Å². The number of hydrogen-bond acceptors (Lipinski definition) is 2. The smallest absolute Gasteiger partial charge is 0.0622 e. The summed E-state index contributed by atoms with van der Waals surface area (Å²) in [5.74, 6) is 0. The molecule has 2 nitrogen and oxygen atoms in total. The lowest BCUT2D eigenvalue weighted by molar-refractivity contribution is 0.0620. The van der Waals surface area contributed by atoms with Crippen molar-refractivity contribution in [3.05, 3.63) is 0 Å². The van der Waals surface area contributed by atoms with Crippen LogP contribution in [0.2, 0.25) is 0 Å². The predicted molar refractivity (Wildman–Crippen MR) is 55.6 cm³/mol. The molecule has 2 heteroatoms. The van der Waals surface area contributed by atoms with Gasteiger partial charge in [0.1, 0.15) is 0 Å². The van der Waals surface area contributed by atoms with Gasteiger partial charge in [0.15, 0.2) is 0 Å². The van der Waals surface area contributed by atoms with Crippen molar-refractivity contribution in [3.8, 4) is 0 Å². The molecule has 0 rings (SSSR count). The van der Waals surface area contributed by atoms with E-state index in [1.807, 2.05) is 20.9 Å². The molecule has 1 N–H and O–H groups in total. The zero-order chi connectivity index (χ0) is 9.98. The second kappa shape index (κ2) is 10.9. The van der Waals surface area contributed by atoms with Crippen molar-refractivity contribution in [1.82, 2.24) is 5.32 Å². The molecule has 1 atom stereocenters. The monoisotopic (exact) mass is 175 g/mol. The van der Waals surface area contributed by atoms with Gasteiger partial charge in [-0.05, 0) is 27.3 Å². The molecule has 76 valence electrons. The molecule has 0 heterocycles. The SMILES string of the molecule is CC.CCC(COC(C)C)NC. The molecule has 0 saturated carbocycles. The van der Waals surface area contributed by atoms with E-state index in [1.54, 1.807) is 0 Å². The molecular formula is C10H25NO. The molecule has 0 aromatic carbocycles. The molecule has 0 amide bonds. The fourth-order valence-corrected chi connectivity index (χ4v) is 0.714. The molecule has 0 aliphatic rings. The van der Waals surface area contributed by atoms with Gasteiger partial charge in [-0.3, -0.25) is 0 Å². The van der Waals surface area contributed by atoms with Gasteiger partial charge in [0, 0.05) is 6.04 Å². The van der Waals surface area contributed by atoms with Crippen molar-refractivity contribution in [3.63, 3.8) is 0 Å². The van der Waals surface area contributed by atoms with Crippen LogP contribution in [0.15, 0.2) is 0 Å². The zero-order valence-corrected chi connectivity index (χ0v) is 9.48. The van der Waals surface area contributed by atoms with Crippen LogP contribution in [0.3, 0.4) is 0 Å². The Morgan fingerprint density at radius 3 is 2.00 bits per heavy atom. The van der Waals surface area contributed by atoms with Crippen LogP contribution in [0.1, 0.15) is 41.0 Å². The van der Waals surface area contributed by atoms with Crippen LogP contribution in [0.5, 0.6) is 0 Å². The van der Waals surface area contributed by atoms with Gasteiger partial charge in [0.05, 0.1) is 12.7 Å². The molecule has 0 aliphatic carbocycles. The van der Waals surface area contributed by atoms with Gasteiger partial charge in [-0.2, -0.15) is 0 Å². The summed E-state index contributed by atoms with van der Waals surface area (Å²) in [6.07, 6.45) is 1.48. The van der Waals surface area contributed by atoms with E-state index in [2.05, 4.69) is 26.1 Å². The van der Waals surface area contributed by atoms with Gasteiger partial charge in [-0.1, -0.05) is 20.8 Å². The lowest BCUT2D eigenvalue weighted by Crippen LogP contribution is -2.30. The van der Waals surface area contributed by atoms with Gasteiger partial charge in [-0.15, -0.1) is 0 Å². The van der Waals surface area contributed by atoms with Crippen LogP contribution in [0.4, 0.5) is 0 Å². The Hall–Kier alpha value is -0.0800. The molecule has 0 aliphatic heterocycles. The summed E-state index contributed by atoms with van der Waals surface area (Å²) in [7, 11) is 1.97. The lowest BCUT2D eigenvalue weighted by atomic mass is 10.2. The molecule has 0 bridgehead atoms. The van der Waals surface area contributed by atoms with E-state index in [4.69, 9.17) is 4.74 Å². The van der Waals surface area contributed by atoms with E-state index in [9.17, 15) is 0 Å². The van der Waals surface area contributed by atoms with E-state index >= 15 is 0 Å². The Bertz CT molecular complexity index is 70.2. The highest BCUT2D eigenvalue weighted by molar-refractivity contribution is 4.60. The molecule has 0 aromatic heterocycles. The average Bonchev–Trinajstić information content (AvgIpc) is 2.09. The third-order valence-electron chi connectivity index (χ3n) is 1.53. The summed E-state index contributed by atoms with van der Waals surface area (Å²) < 4.78 is 5.42. The van der Waals surface area contributed by atoms with Gasteiger partial charge in [0.2, 0.25) is 0 Å². The predicted octanol–water partition coefficient (Wildman–Crippen LogP) is 2.44. The lowest BCUT2D eigenvalue weighted by Gasteiger charge is -2.15. The van der Waals surface area contributed by atoms with Crippen molar-refractivity contribution in [2.75, 3.05) is 13.7 Å². The van der Waals surface area contributed by atoms with Crippen molar-refractivity contribution in [2.45, 2.75) is 53.2 Å². The van der Waals surface area contributed by atoms with Gasteiger partial charge < -0.3 is 10.1 Å². The minimum atomic E-state index is 0.349. The first kappa shape index (κ1) is 14.4. The Kier molecular flexibility index (Phi) is 13.1. The summed E-state index contributed by atoms with van der Waals surface area (Å²) in [6.45, 7) is 11.1. The highest BCUT2D eigenvalue weighted by Crippen LogP contribution is 1.94. The van der Waals surface area contributed by atoms with E-state index < -0.39 is 0 Å². The first-order valence-electron chi connectivity index (χ1n) is 4.99. The summed E-state index contributed by atoms with van der Waals surface area (Å²) in [4.78, 5) is 0. The Balaban J connectivity index is 0. The van der Waals surface area contributed by atoms with E-state index in [1.165, 1.54) is 0 Å². The van der Waals surface area contributed by atoms with Crippen LogP contribution in [-0.2, 0) is 4.74 Å². The fourth-order valence-electron chi connectivity index (χ4n) is 0.714. The minimum absolute atomic E-state index is 0.349. The Labute approximate surface area is 77.7 Å².